The molecule has 0 heterocycles. The minimum atomic E-state index is -4.63. The van der Waals surface area contributed by atoms with E-state index in [2.05, 4.69) is 17.7 Å². The molecule has 0 aliphatic heterocycles. The van der Waals surface area contributed by atoms with Gasteiger partial charge in [0.1, 0.15) is 5.75 Å². The molecule has 1 atom stereocenters. The molecular formula is C20H25F3O. The average molecular weight is 338 g/mol. The van der Waals surface area contributed by atoms with Crippen molar-refractivity contribution in [2.45, 2.75) is 58.2 Å². The molecule has 0 spiro atoms. The molecule has 0 aromatic heterocycles. The predicted molar refractivity (Wildman–Crippen MR) is 89.6 cm³/mol. The Morgan fingerprint density at radius 3 is 2.12 bits per heavy atom. The summed E-state index contributed by atoms with van der Waals surface area (Å²) in [5, 5.41) is 0. The molecule has 1 aromatic rings. The van der Waals surface area contributed by atoms with Gasteiger partial charge in [-0.15, -0.1) is 13.2 Å². The highest BCUT2D eigenvalue weighted by atomic mass is 19.4. The van der Waals surface area contributed by atoms with Gasteiger partial charge in [0.2, 0.25) is 0 Å². The number of hydrogen-bond donors (Lipinski definition) is 0. The number of alkyl halides is 3. The van der Waals surface area contributed by atoms with Crippen molar-refractivity contribution in [2.75, 3.05) is 0 Å². The molecule has 132 valence electrons. The number of hydrogen-bond acceptors (Lipinski definition) is 1. The quantitative estimate of drug-likeness (QED) is 0.603. The van der Waals surface area contributed by atoms with E-state index in [1.807, 2.05) is 0 Å². The summed E-state index contributed by atoms with van der Waals surface area (Å²) < 4.78 is 40.6. The van der Waals surface area contributed by atoms with Crippen LogP contribution in [0.2, 0.25) is 0 Å². The molecule has 1 nitrogen and oxygen atoms in total. The van der Waals surface area contributed by atoms with Gasteiger partial charge in [-0.3, -0.25) is 0 Å². The van der Waals surface area contributed by atoms with Crippen LogP contribution in [0, 0.1) is 17.8 Å². The fourth-order valence-corrected chi connectivity index (χ4v) is 4.17. The van der Waals surface area contributed by atoms with E-state index in [-0.39, 0.29) is 5.75 Å². The summed E-state index contributed by atoms with van der Waals surface area (Å²) in [7, 11) is 0. The number of benzene rings is 1. The smallest absolute Gasteiger partial charge is 0.406 e. The van der Waals surface area contributed by atoms with E-state index in [1.54, 1.807) is 12.1 Å². The van der Waals surface area contributed by atoms with Gasteiger partial charge in [-0.25, -0.2) is 0 Å². The van der Waals surface area contributed by atoms with Crippen LogP contribution in [0.1, 0.15) is 57.4 Å². The van der Waals surface area contributed by atoms with E-state index in [9.17, 15) is 13.2 Å². The van der Waals surface area contributed by atoms with Crippen LogP contribution in [-0.4, -0.2) is 6.36 Å². The first-order valence-electron chi connectivity index (χ1n) is 8.96. The summed E-state index contributed by atoms with van der Waals surface area (Å²) in [6, 6.07) is 6.27. The van der Waals surface area contributed by atoms with E-state index >= 15 is 0 Å². The molecule has 1 fully saturated rings. The van der Waals surface area contributed by atoms with E-state index in [0.29, 0.717) is 0 Å². The third-order valence-corrected chi connectivity index (χ3v) is 5.64. The van der Waals surface area contributed by atoms with Gasteiger partial charge in [-0.1, -0.05) is 38.0 Å². The van der Waals surface area contributed by atoms with E-state index in [4.69, 9.17) is 0 Å². The lowest BCUT2D eigenvalue weighted by atomic mass is 9.71. The largest absolute Gasteiger partial charge is 0.573 e. The van der Waals surface area contributed by atoms with Gasteiger partial charge in [0.05, 0.1) is 0 Å². The number of ether oxygens (including phenoxy) is 1. The van der Waals surface area contributed by atoms with E-state index in [0.717, 1.165) is 36.2 Å². The fraction of sp³-hybridized carbons (Fsp3) is 0.600. The van der Waals surface area contributed by atoms with Gasteiger partial charge in [-0.05, 0) is 73.1 Å². The first-order chi connectivity index (χ1) is 11.4. The molecule has 1 unspecified atom stereocenters. The zero-order chi connectivity index (χ0) is 17.2. The molecule has 24 heavy (non-hydrogen) atoms. The monoisotopic (exact) mass is 338 g/mol. The Labute approximate surface area is 141 Å². The Bertz CT molecular complexity index is 566. The molecule has 1 aromatic carbocycles. The van der Waals surface area contributed by atoms with Crippen molar-refractivity contribution in [3.63, 3.8) is 0 Å². The van der Waals surface area contributed by atoms with Crippen LogP contribution < -0.4 is 4.74 Å². The van der Waals surface area contributed by atoms with Crippen LogP contribution in [0.5, 0.6) is 5.75 Å². The maximum absolute atomic E-state index is 12.2. The molecule has 0 radical (unpaired) electrons. The molecular weight excluding hydrogens is 313 g/mol. The number of halogens is 3. The van der Waals surface area contributed by atoms with E-state index in [1.165, 1.54) is 49.8 Å². The molecule has 2 aliphatic rings. The molecule has 4 heteroatoms. The molecule has 0 N–H and O–H groups in total. The van der Waals surface area contributed by atoms with Crippen LogP contribution in [0.15, 0.2) is 30.3 Å². The van der Waals surface area contributed by atoms with Crippen LogP contribution in [0.25, 0.3) is 5.57 Å². The second kappa shape index (κ2) is 7.20. The molecule has 2 aliphatic carbocycles. The highest BCUT2D eigenvalue weighted by molar-refractivity contribution is 5.66. The maximum atomic E-state index is 12.2. The Balaban J connectivity index is 1.58. The maximum Gasteiger partial charge on any atom is 0.573 e. The summed E-state index contributed by atoms with van der Waals surface area (Å²) in [6.45, 7) is 2.35. The van der Waals surface area contributed by atoms with Crippen molar-refractivity contribution in [1.82, 2.24) is 0 Å². The summed E-state index contributed by atoms with van der Waals surface area (Å²) >= 11 is 0. The third-order valence-electron chi connectivity index (χ3n) is 5.64. The Morgan fingerprint density at radius 2 is 1.58 bits per heavy atom. The van der Waals surface area contributed by atoms with Crippen LogP contribution >= 0.6 is 0 Å². The molecule has 0 bridgehead atoms. The summed E-state index contributed by atoms with van der Waals surface area (Å²) in [5.74, 6) is 2.38. The first-order valence-corrected chi connectivity index (χ1v) is 8.96. The Hall–Kier alpha value is -1.45. The van der Waals surface area contributed by atoms with Crippen LogP contribution in [0.3, 0.4) is 0 Å². The molecule has 3 rings (SSSR count). The SMILES string of the molecule is CC1CCC(C2CC=C(c3ccc(OC(F)(F)F)cc3)CC2)CC1. The van der Waals surface area contributed by atoms with Crippen molar-refractivity contribution in [3.8, 4) is 5.75 Å². The van der Waals surface area contributed by atoms with Gasteiger partial charge in [0.15, 0.2) is 0 Å². The Morgan fingerprint density at radius 1 is 0.917 bits per heavy atom. The minimum Gasteiger partial charge on any atom is -0.406 e. The number of allylic oxidation sites excluding steroid dienone is 2. The van der Waals surface area contributed by atoms with Gasteiger partial charge < -0.3 is 4.74 Å². The Kier molecular flexibility index (Phi) is 5.21. The third kappa shape index (κ3) is 4.55. The highest BCUT2D eigenvalue weighted by Gasteiger charge is 2.31. The van der Waals surface area contributed by atoms with Gasteiger partial charge in [0, 0.05) is 0 Å². The topological polar surface area (TPSA) is 9.23 Å². The summed E-state index contributed by atoms with van der Waals surface area (Å²) in [6.07, 6.45) is 6.44. The summed E-state index contributed by atoms with van der Waals surface area (Å²) in [4.78, 5) is 0. The zero-order valence-electron chi connectivity index (χ0n) is 14.1. The summed E-state index contributed by atoms with van der Waals surface area (Å²) in [5.41, 5.74) is 2.27. The predicted octanol–water partition coefficient (Wildman–Crippen LogP) is 6.60. The molecule has 0 amide bonds. The zero-order valence-corrected chi connectivity index (χ0v) is 14.1. The van der Waals surface area contributed by atoms with Crippen LogP contribution in [-0.2, 0) is 0 Å². The van der Waals surface area contributed by atoms with Gasteiger partial charge in [-0.2, -0.15) is 0 Å². The molecule has 1 saturated carbocycles. The highest BCUT2D eigenvalue weighted by Crippen LogP contribution is 2.41. The lowest BCUT2D eigenvalue weighted by Crippen LogP contribution is -2.22. The first kappa shape index (κ1) is 17.4. The van der Waals surface area contributed by atoms with Gasteiger partial charge in [0.25, 0.3) is 0 Å². The van der Waals surface area contributed by atoms with Crippen LogP contribution in [0.4, 0.5) is 13.2 Å². The fourth-order valence-electron chi connectivity index (χ4n) is 4.17. The lowest BCUT2D eigenvalue weighted by Gasteiger charge is -2.34. The second-order valence-electron chi connectivity index (χ2n) is 7.36. The van der Waals surface area contributed by atoms with Gasteiger partial charge >= 0.3 is 6.36 Å². The average Bonchev–Trinajstić information content (AvgIpc) is 2.55. The standard InChI is InChI=1S/C20H25F3O/c1-14-2-4-15(5-3-14)16-6-8-17(9-7-16)18-10-12-19(13-11-18)24-20(21,22)23/h8,10-16H,2-7,9H2,1H3. The van der Waals surface area contributed by atoms with Crippen molar-refractivity contribution >= 4 is 5.57 Å². The minimum absolute atomic E-state index is 0.156. The second-order valence-corrected chi connectivity index (χ2v) is 7.36. The normalized spacial score (nSPS) is 28.3. The van der Waals surface area contributed by atoms with Crippen molar-refractivity contribution in [2.24, 2.45) is 17.8 Å². The van der Waals surface area contributed by atoms with Crippen molar-refractivity contribution in [3.05, 3.63) is 35.9 Å². The van der Waals surface area contributed by atoms with Crippen molar-refractivity contribution in [1.29, 1.82) is 0 Å². The lowest BCUT2D eigenvalue weighted by molar-refractivity contribution is -0.274. The van der Waals surface area contributed by atoms with Crippen molar-refractivity contribution < 1.29 is 17.9 Å². The van der Waals surface area contributed by atoms with E-state index < -0.39 is 6.36 Å². The number of rotatable bonds is 3. The molecule has 0 saturated heterocycles.